The van der Waals surface area contributed by atoms with Gasteiger partial charge in [0.1, 0.15) is 5.75 Å². The van der Waals surface area contributed by atoms with E-state index in [1.165, 1.54) is 7.11 Å². The minimum absolute atomic E-state index is 0.424. The van der Waals surface area contributed by atoms with Crippen LogP contribution in [-0.4, -0.2) is 53.2 Å². The Morgan fingerprint density at radius 1 is 0.743 bits per heavy atom. The van der Waals surface area contributed by atoms with Gasteiger partial charge in [-0.1, -0.05) is 12.1 Å². The van der Waals surface area contributed by atoms with E-state index >= 15 is 0 Å². The Morgan fingerprint density at radius 2 is 1.31 bits per heavy atom. The standard InChI is InChI=1S/C27H31NO7/c1-31-21-10-8-20(9-11-21)28(15-14-18-6-12-22(32-2)24(16-18)34-4)26(27(29)30)19-7-13-23(33-3)25(17-19)35-5/h6-13,16-17,26H,14-15H2,1-5H3,(H,29,30). The zero-order valence-corrected chi connectivity index (χ0v) is 20.6. The number of carbonyl (C=O) groups is 1. The first kappa shape index (κ1) is 25.6. The molecule has 186 valence electrons. The fraction of sp³-hybridized carbons (Fsp3) is 0.296. The van der Waals surface area contributed by atoms with Crippen LogP contribution in [0.25, 0.3) is 0 Å². The summed E-state index contributed by atoms with van der Waals surface area (Å²) in [5.74, 6) is 1.95. The number of carboxylic acid groups (broad SMARTS) is 1. The number of methoxy groups -OCH3 is 5. The van der Waals surface area contributed by atoms with Gasteiger partial charge in [0.2, 0.25) is 0 Å². The second-order valence-electron chi connectivity index (χ2n) is 7.69. The van der Waals surface area contributed by atoms with Crippen molar-refractivity contribution in [2.75, 3.05) is 47.0 Å². The lowest BCUT2D eigenvalue weighted by atomic mass is 10.0. The molecule has 0 saturated carbocycles. The van der Waals surface area contributed by atoms with Gasteiger partial charge in [0.05, 0.1) is 35.5 Å². The van der Waals surface area contributed by atoms with E-state index in [9.17, 15) is 9.90 Å². The molecule has 1 unspecified atom stereocenters. The highest BCUT2D eigenvalue weighted by atomic mass is 16.5. The number of anilines is 1. The Hall–Kier alpha value is -4.07. The lowest BCUT2D eigenvalue weighted by Gasteiger charge is -2.32. The van der Waals surface area contributed by atoms with Crippen molar-refractivity contribution >= 4 is 11.7 Å². The number of aliphatic carboxylic acids is 1. The van der Waals surface area contributed by atoms with Crippen molar-refractivity contribution in [3.63, 3.8) is 0 Å². The zero-order chi connectivity index (χ0) is 25.4. The summed E-state index contributed by atoms with van der Waals surface area (Å²) in [4.78, 5) is 14.5. The van der Waals surface area contributed by atoms with Crippen molar-refractivity contribution in [3.8, 4) is 28.7 Å². The third kappa shape index (κ3) is 5.90. The van der Waals surface area contributed by atoms with E-state index in [0.29, 0.717) is 47.3 Å². The van der Waals surface area contributed by atoms with E-state index in [1.54, 1.807) is 46.6 Å². The van der Waals surface area contributed by atoms with Gasteiger partial charge in [-0.15, -0.1) is 0 Å². The Morgan fingerprint density at radius 3 is 1.86 bits per heavy atom. The molecule has 3 aromatic carbocycles. The Balaban J connectivity index is 2.01. The molecule has 0 aliphatic carbocycles. The lowest BCUT2D eigenvalue weighted by molar-refractivity contribution is -0.138. The van der Waals surface area contributed by atoms with Crippen molar-refractivity contribution in [1.82, 2.24) is 0 Å². The van der Waals surface area contributed by atoms with E-state index in [2.05, 4.69) is 0 Å². The Kier molecular flexibility index (Phi) is 8.67. The number of ether oxygens (including phenoxy) is 5. The highest BCUT2D eigenvalue weighted by molar-refractivity contribution is 5.80. The molecule has 0 amide bonds. The first-order valence-corrected chi connectivity index (χ1v) is 11.0. The molecular weight excluding hydrogens is 450 g/mol. The smallest absolute Gasteiger partial charge is 0.331 e. The molecule has 0 heterocycles. The maximum atomic E-state index is 12.6. The molecule has 1 atom stereocenters. The van der Waals surface area contributed by atoms with Gasteiger partial charge in [0.25, 0.3) is 0 Å². The van der Waals surface area contributed by atoms with Crippen LogP contribution in [0.3, 0.4) is 0 Å². The molecule has 35 heavy (non-hydrogen) atoms. The van der Waals surface area contributed by atoms with Crippen LogP contribution in [0.2, 0.25) is 0 Å². The average Bonchev–Trinajstić information content (AvgIpc) is 2.90. The van der Waals surface area contributed by atoms with E-state index in [-0.39, 0.29) is 0 Å². The maximum Gasteiger partial charge on any atom is 0.331 e. The SMILES string of the molecule is COc1ccc(N(CCc2ccc(OC)c(OC)c2)C(C(=O)O)c2ccc(OC)c(OC)c2)cc1. The molecule has 0 radical (unpaired) electrons. The summed E-state index contributed by atoms with van der Waals surface area (Å²) in [5.41, 5.74) is 2.30. The highest BCUT2D eigenvalue weighted by Crippen LogP contribution is 2.35. The predicted octanol–water partition coefficient (Wildman–Crippen LogP) is 4.60. The van der Waals surface area contributed by atoms with Gasteiger partial charge < -0.3 is 33.7 Å². The maximum absolute atomic E-state index is 12.6. The van der Waals surface area contributed by atoms with Gasteiger partial charge in [0.15, 0.2) is 29.0 Å². The molecule has 8 heteroatoms. The molecule has 0 bridgehead atoms. The Labute approximate surface area is 205 Å². The van der Waals surface area contributed by atoms with Crippen molar-refractivity contribution in [3.05, 3.63) is 71.8 Å². The van der Waals surface area contributed by atoms with Crippen LogP contribution in [0.1, 0.15) is 17.2 Å². The van der Waals surface area contributed by atoms with E-state index in [4.69, 9.17) is 23.7 Å². The number of hydrogen-bond donors (Lipinski definition) is 1. The zero-order valence-electron chi connectivity index (χ0n) is 20.6. The van der Waals surface area contributed by atoms with E-state index < -0.39 is 12.0 Å². The molecule has 3 rings (SSSR count). The van der Waals surface area contributed by atoms with Gasteiger partial charge in [-0.25, -0.2) is 4.79 Å². The number of rotatable bonds is 12. The normalized spacial score (nSPS) is 11.3. The van der Waals surface area contributed by atoms with Crippen LogP contribution in [0.4, 0.5) is 5.69 Å². The first-order chi connectivity index (χ1) is 16.9. The van der Waals surface area contributed by atoms with Crippen LogP contribution in [0, 0.1) is 0 Å². The summed E-state index contributed by atoms with van der Waals surface area (Å²) in [6.45, 7) is 0.424. The fourth-order valence-corrected chi connectivity index (χ4v) is 3.95. The molecule has 0 aliphatic rings. The minimum atomic E-state index is -0.986. The van der Waals surface area contributed by atoms with Crippen LogP contribution in [0.5, 0.6) is 28.7 Å². The fourth-order valence-electron chi connectivity index (χ4n) is 3.95. The van der Waals surface area contributed by atoms with Gasteiger partial charge in [-0.05, 0) is 66.1 Å². The largest absolute Gasteiger partial charge is 0.497 e. The van der Waals surface area contributed by atoms with Gasteiger partial charge >= 0.3 is 5.97 Å². The predicted molar refractivity (Wildman–Crippen MR) is 134 cm³/mol. The third-order valence-electron chi connectivity index (χ3n) is 5.76. The topological polar surface area (TPSA) is 86.7 Å². The van der Waals surface area contributed by atoms with Gasteiger partial charge in [0, 0.05) is 12.2 Å². The molecule has 0 aliphatic heterocycles. The molecule has 0 aromatic heterocycles. The molecule has 1 N–H and O–H groups in total. The van der Waals surface area contributed by atoms with E-state index in [0.717, 1.165) is 11.3 Å². The number of hydrogen-bond acceptors (Lipinski definition) is 7. The first-order valence-electron chi connectivity index (χ1n) is 11.0. The average molecular weight is 482 g/mol. The quantitative estimate of drug-likeness (QED) is 0.402. The molecule has 0 spiro atoms. The highest BCUT2D eigenvalue weighted by Gasteiger charge is 2.29. The van der Waals surface area contributed by atoms with Crippen molar-refractivity contribution in [1.29, 1.82) is 0 Å². The van der Waals surface area contributed by atoms with Gasteiger partial charge in [-0.3, -0.25) is 0 Å². The van der Waals surface area contributed by atoms with Crippen LogP contribution in [-0.2, 0) is 11.2 Å². The molecule has 0 saturated heterocycles. The summed E-state index contributed by atoms with van der Waals surface area (Å²) in [6, 6.07) is 17.2. The van der Waals surface area contributed by atoms with Crippen LogP contribution >= 0.6 is 0 Å². The minimum Gasteiger partial charge on any atom is -0.497 e. The van der Waals surface area contributed by atoms with Crippen molar-refractivity contribution in [2.45, 2.75) is 12.5 Å². The van der Waals surface area contributed by atoms with Crippen molar-refractivity contribution in [2.24, 2.45) is 0 Å². The summed E-state index contributed by atoms with van der Waals surface area (Å²) in [5, 5.41) is 10.3. The number of nitrogens with zero attached hydrogens (tertiary/aromatic N) is 1. The number of carboxylic acids is 1. The summed E-state index contributed by atoms with van der Waals surface area (Å²) in [6.07, 6.45) is 0.573. The molecule has 8 nitrogen and oxygen atoms in total. The molecule has 0 fully saturated rings. The third-order valence-corrected chi connectivity index (χ3v) is 5.76. The monoisotopic (exact) mass is 481 g/mol. The Bertz CT molecular complexity index is 1130. The lowest BCUT2D eigenvalue weighted by Crippen LogP contribution is -2.36. The summed E-state index contributed by atoms with van der Waals surface area (Å²) >= 11 is 0. The summed E-state index contributed by atoms with van der Waals surface area (Å²) < 4.78 is 26.8. The summed E-state index contributed by atoms with van der Waals surface area (Å²) in [7, 11) is 7.83. The van der Waals surface area contributed by atoms with E-state index in [1.807, 2.05) is 47.4 Å². The number of benzene rings is 3. The van der Waals surface area contributed by atoms with Crippen LogP contribution in [0.15, 0.2) is 60.7 Å². The van der Waals surface area contributed by atoms with Crippen molar-refractivity contribution < 1.29 is 33.6 Å². The second kappa shape index (κ2) is 11.9. The van der Waals surface area contributed by atoms with Gasteiger partial charge in [-0.2, -0.15) is 0 Å². The molecular formula is C27H31NO7. The van der Waals surface area contributed by atoms with Crippen LogP contribution < -0.4 is 28.6 Å². The molecule has 3 aromatic rings. The second-order valence-corrected chi connectivity index (χ2v) is 7.69.